The SMILES string of the molecule is CCCC(=N)C(C)CO. The van der Waals surface area contributed by atoms with E-state index >= 15 is 0 Å². The van der Waals surface area contributed by atoms with Gasteiger partial charge in [-0.15, -0.1) is 0 Å². The molecule has 0 aromatic carbocycles. The molecule has 0 aliphatic rings. The van der Waals surface area contributed by atoms with Gasteiger partial charge >= 0.3 is 0 Å². The van der Waals surface area contributed by atoms with Gasteiger partial charge in [-0.25, -0.2) is 0 Å². The van der Waals surface area contributed by atoms with Crippen molar-refractivity contribution < 1.29 is 5.11 Å². The Hall–Kier alpha value is -0.370. The molecule has 0 saturated carbocycles. The second-order valence-corrected chi connectivity index (χ2v) is 2.36. The van der Waals surface area contributed by atoms with Crippen molar-refractivity contribution in [2.45, 2.75) is 26.7 Å². The Labute approximate surface area is 56.4 Å². The summed E-state index contributed by atoms with van der Waals surface area (Å²) in [6, 6.07) is 0. The van der Waals surface area contributed by atoms with Crippen molar-refractivity contribution in [3.8, 4) is 0 Å². The van der Waals surface area contributed by atoms with E-state index in [2.05, 4.69) is 0 Å². The van der Waals surface area contributed by atoms with Crippen molar-refractivity contribution >= 4 is 5.71 Å². The average Bonchev–Trinajstić information content (AvgIpc) is 1.87. The third-order valence-corrected chi connectivity index (χ3v) is 1.39. The van der Waals surface area contributed by atoms with Crippen LogP contribution in [-0.2, 0) is 0 Å². The Morgan fingerprint density at radius 3 is 2.56 bits per heavy atom. The van der Waals surface area contributed by atoms with Crippen molar-refractivity contribution in [3.05, 3.63) is 0 Å². The summed E-state index contributed by atoms with van der Waals surface area (Å²) in [7, 11) is 0. The molecule has 0 heterocycles. The maximum Gasteiger partial charge on any atom is 0.0508 e. The van der Waals surface area contributed by atoms with Crippen LogP contribution in [0, 0.1) is 11.3 Å². The molecule has 2 N–H and O–H groups in total. The minimum absolute atomic E-state index is 0.0601. The van der Waals surface area contributed by atoms with Gasteiger partial charge in [-0.3, -0.25) is 0 Å². The monoisotopic (exact) mass is 129 g/mol. The van der Waals surface area contributed by atoms with Crippen LogP contribution in [0.2, 0.25) is 0 Å². The first-order chi connectivity index (χ1) is 4.22. The van der Waals surface area contributed by atoms with Crippen molar-refractivity contribution in [2.75, 3.05) is 6.61 Å². The highest BCUT2D eigenvalue weighted by molar-refractivity contribution is 5.83. The Kier molecular flexibility index (Phi) is 4.32. The van der Waals surface area contributed by atoms with Gasteiger partial charge in [0.25, 0.3) is 0 Å². The number of aliphatic hydroxyl groups excluding tert-OH is 1. The van der Waals surface area contributed by atoms with E-state index in [4.69, 9.17) is 10.5 Å². The van der Waals surface area contributed by atoms with E-state index in [9.17, 15) is 0 Å². The maximum absolute atomic E-state index is 8.59. The third-order valence-electron chi connectivity index (χ3n) is 1.39. The fourth-order valence-electron chi connectivity index (χ4n) is 0.626. The highest BCUT2D eigenvalue weighted by Crippen LogP contribution is 2.01. The quantitative estimate of drug-likeness (QED) is 0.554. The number of hydrogen-bond donors (Lipinski definition) is 2. The van der Waals surface area contributed by atoms with Gasteiger partial charge in [-0.2, -0.15) is 0 Å². The molecule has 0 saturated heterocycles. The fraction of sp³-hybridized carbons (Fsp3) is 0.857. The standard InChI is InChI=1S/C7H15NO/c1-3-4-7(8)6(2)5-9/h6,8-9H,3-5H2,1-2H3. The molecule has 0 amide bonds. The second kappa shape index (κ2) is 4.50. The minimum Gasteiger partial charge on any atom is -0.396 e. The zero-order valence-corrected chi connectivity index (χ0v) is 6.15. The summed E-state index contributed by atoms with van der Waals surface area (Å²) in [6.45, 7) is 4.02. The van der Waals surface area contributed by atoms with E-state index in [1.807, 2.05) is 13.8 Å². The molecule has 0 aliphatic carbocycles. The zero-order chi connectivity index (χ0) is 7.28. The predicted octanol–water partition coefficient (Wildman–Crippen LogP) is 1.43. The topological polar surface area (TPSA) is 44.1 Å². The van der Waals surface area contributed by atoms with Crippen LogP contribution in [0.1, 0.15) is 26.7 Å². The van der Waals surface area contributed by atoms with Crippen molar-refractivity contribution in [1.82, 2.24) is 0 Å². The first-order valence-corrected chi connectivity index (χ1v) is 3.40. The van der Waals surface area contributed by atoms with Gasteiger partial charge in [0.15, 0.2) is 0 Å². The van der Waals surface area contributed by atoms with E-state index in [1.54, 1.807) is 0 Å². The lowest BCUT2D eigenvalue weighted by atomic mass is 10.0. The van der Waals surface area contributed by atoms with Gasteiger partial charge in [-0.1, -0.05) is 20.3 Å². The van der Waals surface area contributed by atoms with Gasteiger partial charge in [0, 0.05) is 11.6 Å². The average molecular weight is 129 g/mol. The molecule has 0 aromatic rings. The molecule has 1 atom stereocenters. The first kappa shape index (κ1) is 8.63. The number of aliphatic hydroxyl groups is 1. The molecule has 1 unspecified atom stereocenters. The predicted molar refractivity (Wildman–Crippen MR) is 38.9 cm³/mol. The van der Waals surface area contributed by atoms with Crippen LogP contribution in [0.3, 0.4) is 0 Å². The molecule has 2 heteroatoms. The molecule has 0 rings (SSSR count). The van der Waals surface area contributed by atoms with Crippen LogP contribution in [0.15, 0.2) is 0 Å². The van der Waals surface area contributed by atoms with Crippen molar-refractivity contribution in [1.29, 1.82) is 5.41 Å². The molecule has 2 nitrogen and oxygen atoms in total. The van der Waals surface area contributed by atoms with Gasteiger partial charge in [0.05, 0.1) is 6.61 Å². The van der Waals surface area contributed by atoms with E-state index in [0.29, 0.717) is 5.71 Å². The molecular formula is C7H15NO. The lowest BCUT2D eigenvalue weighted by Crippen LogP contribution is -2.13. The Bertz CT molecular complexity index is 90.9. The maximum atomic E-state index is 8.59. The molecular weight excluding hydrogens is 114 g/mol. The Morgan fingerprint density at radius 1 is 1.67 bits per heavy atom. The second-order valence-electron chi connectivity index (χ2n) is 2.36. The van der Waals surface area contributed by atoms with E-state index in [-0.39, 0.29) is 12.5 Å². The molecule has 0 aromatic heterocycles. The van der Waals surface area contributed by atoms with E-state index in [1.165, 1.54) is 0 Å². The highest BCUT2D eigenvalue weighted by Gasteiger charge is 2.04. The lowest BCUT2D eigenvalue weighted by Gasteiger charge is -2.07. The van der Waals surface area contributed by atoms with Crippen LogP contribution in [0.5, 0.6) is 0 Å². The van der Waals surface area contributed by atoms with Gasteiger partial charge in [0.2, 0.25) is 0 Å². The largest absolute Gasteiger partial charge is 0.396 e. The van der Waals surface area contributed by atoms with Crippen LogP contribution >= 0.6 is 0 Å². The molecule has 0 radical (unpaired) electrons. The normalized spacial score (nSPS) is 13.2. The first-order valence-electron chi connectivity index (χ1n) is 3.40. The Morgan fingerprint density at radius 2 is 2.22 bits per heavy atom. The minimum atomic E-state index is 0.0601. The lowest BCUT2D eigenvalue weighted by molar-refractivity contribution is 0.268. The molecule has 0 aliphatic heterocycles. The summed E-state index contributed by atoms with van der Waals surface area (Å²) in [6.07, 6.45) is 1.82. The van der Waals surface area contributed by atoms with Crippen molar-refractivity contribution in [3.63, 3.8) is 0 Å². The zero-order valence-electron chi connectivity index (χ0n) is 6.15. The summed E-state index contributed by atoms with van der Waals surface area (Å²) in [5.74, 6) is 0.0601. The molecule has 54 valence electrons. The van der Waals surface area contributed by atoms with Gasteiger partial charge < -0.3 is 10.5 Å². The smallest absolute Gasteiger partial charge is 0.0508 e. The summed E-state index contributed by atoms with van der Waals surface area (Å²) < 4.78 is 0. The Balaban J connectivity index is 3.46. The summed E-state index contributed by atoms with van der Waals surface area (Å²) >= 11 is 0. The third kappa shape index (κ3) is 3.25. The van der Waals surface area contributed by atoms with E-state index in [0.717, 1.165) is 12.8 Å². The molecule has 0 bridgehead atoms. The van der Waals surface area contributed by atoms with E-state index < -0.39 is 0 Å². The van der Waals surface area contributed by atoms with Gasteiger partial charge in [-0.05, 0) is 6.42 Å². The molecule has 0 spiro atoms. The van der Waals surface area contributed by atoms with Crippen LogP contribution in [-0.4, -0.2) is 17.4 Å². The summed E-state index contributed by atoms with van der Waals surface area (Å²) in [5.41, 5.74) is 0.667. The molecule has 0 fully saturated rings. The summed E-state index contributed by atoms with van der Waals surface area (Å²) in [4.78, 5) is 0. The summed E-state index contributed by atoms with van der Waals surface area (Å²) in [5, 5.41) is 15.9. The molecule has 9 heavy (non-hydrogen) atoms. The fourth-order valence-corrected chi connectivity index (χ4v) is 0.626. The van der Waals surface area contributed by atoms with Gasteiger partial charge in [0.1, 0.15) is 0 Å². The van der Waals surface area contributed by atoms with Crippen molar-refractivity contribution in [2.24, 2.45) is 5.92 Å². The van der Waals surface area contributed by atoms with Crippen LogP contribution in [0.25, 0.3) is 0 Å². The van der Waals surface area contributed by atoms with Crippen LogP contribution in [0.4, 0.5) is 0 Å². The number of rotatable bonds is 4. The van der Waals surface area contributed by atoms with Crippen LogP contribution < -0.4 is 0 Å². The number of hydrogen-bond acceptors (Lipinski definition) is 2. The number of nitrogens with one attached hydrogen (secondary N) is 1. The highest BCUT2D eigenvalue weighted by atomic mass is 16.3.